The van der Waals surface area contributed by atoms with Gasteiger partial charge in [0.2, 0.25) is 5.91 Å². The maximum Gasteiger partial charge on any atom is 0.261 e. The summed E-state index contributed by atoms with van der Waals surface area (Å²) in [6, 6.07) is 16.1. The minimum Gasteiger partial charge on any atom is -0.494 e. The van der Waals surface area contributed by atoms with Crippen molar-refractivity contribution in [3.8, 4) is 5.75 Å². The highest BCUT2D eigenvalue weighted by Gasteiger charge is 2.41. The lowest BCUT2D eigenvalue weighted by atomic mass is 9.93. The summed E-state index contributed by atoms with van der Waals surface area (Å²) in [5.74, 6) is 0.698. The Labute approximate surface area is 219 Å². The standard InChI is InChI=1S/C30H38N2O3S/c1-4-5-18-35-25-16-14-24(15-17-25)22(3)31-29(33)20-32-26-8-6-7-9-27(26)36-28(30(32)34)19-23-12-10-21(2)11-13-23/h10-17,19,22,26-27H,4-9,18,20H2,1-3H3,(H,31,33)/b28-19-. The molecule has 0 aromatic heterocycles. The Morgan fingerprint density at radius 3 is 2.58 bits per heavy atom. The zero-order valence-corrected chi connectivity index (χ0v) is 22.5. The Hall–Kier alpha value is -2.73. The van der Waals surface area contributed by atoms with E-state index in [2.05, 4.69) is 31.3 Å². The molecular weight excluding hydrogens is 468 g/mol. The van der Waals surface area contributed by atoms with Crippen molar-refractivity contribution >= 4 is 29.7 Å². The molecule has 1 aliphatic carbocycles. The van der Waals surface area contributed by atoms with Crippen molar-refractivity contribution in [2.45, 2.75) is 76.6 Å². The van der Waals surface area contributed by atoms with E-state index in [0.29, 0.717) is 11.9 Å². The molecule has 1 saturated heterocycles. The van der Waals surface area contributed by atoms with Gasteiger partial charge in [-0.15, -0.1) is 11.8 Å². The number of nitrogens with one attached hydrogen (secondary N) is 1. The Kier molecular flexibility index (Phi) is 9.13. The van der Waals surface area contributed by atoms with Gasteiger partial charge in [-0.2, -0.15) is 0 Å². The van der Waals surface area contributed by atoms with Crippen LogP contribution < -0.4 is 10.1 Å². The van der Waals surface area contributed by atoms with Crippen LogP contribution in [0.3, 0.4) is 0 Å². The Morgan fingerprint density at radius 2 is 1.86 bits per heavy atom. The van der Waals surface area contributed by atoms with E-state index in [1.807, 2.05) is 54.3 Å². The number of nitrogens with zero attached hydrogens (tertiary/aromatic N) is 1. The van der Waals surface area contributed by atoms with Gasteiger partial charge in [-0.25, -0.2) is 0 Å². The number of fused-ring (bicyclic) bond motifs is 1. The first kappa shape index (κ1) is 26.3. The predicted molar refractivity (Wildman–Crippen MR) is 148 cm³/mol. The van der Waals surface area contributed by atoms with E-state index in [1.54, 1.807) is 11.8 Å². The maximum absolute atomic E-state index is 13.5. The van der Waals surface area contributed by atoms with Gasteiger partial charge in [-0.1, -0.05) is 68.1 Å². The van der Waals surface area contributed by atoms with E-state index >= 15 is 0 Å². The van der Waals surface area contributed by atoms with Crippen LogP contribution in [0.25, 0.3) is 6.08 Å². The number of ether oxygens (including phenoxy) is 1. The van der Waals surface area contributed by atoms with Crippen LogP contribution in [0.15, 0.2) is 53.4 Å². The molecule has 5 nitrogen and oxygen atoms in total. The second-order valence-corrected chi connectivity index (χ2v) is 11.2. The van der Waals surface area contributed by atoms with Crippen molar-refractivity contribution in [3.63, 3.8) is 0 Å². The van der Waals surface area contributed by atoms with Crippen LogP contribution in [0.2, 0.25) is 0 Å². The largest absolute Gasteiger partial charge is 0.494 e. The average Bonchev–Trinajstić information content (AvgIpc) is 2.88. The number of hydrogen-bond donors (Lipinski definition) is 1. The molecule has 1 N–H and O–H groups in total. The lowest BCUT2D eigenvalue weighted by Gasteiger charge is -2.44. The summed E-state index contributed by atoms with van der Waals surface area (Å²) in [5, 5.41) is 3.45. The highest BCUT2D eigenvalue weighted by molar-refractivity contribution is 8.04. The lowest BCUT2D eigenvalue weighted by Crippen LogP contribution is -2.54. The predicted octanol–water partition coefficient (Wildman–Crippen LogP) is 6.28. The first-order chi connectivity index (χ1) is 17.4. The fourth-order valence-electron chi connectivity index (χ4n) is 4.89. The number of aryl methyl sites for hydroxylation is 1. The first-order valence-electron chi connectivity index (χ1n) is 13.2. The summed E-state index contributed by atoms with van der Waals surface area (Å²) in [6.07, 6.45) is 8.44. The maximum atomic E-state index is 13.5. The molecule has 1 aliphatic heterocycles. The first-order valence-corrected chi connectivity index (χ1v) is 14.1. The fraction of sp³-hybridized carbons (Fsp3) is 0.467. The third kappa shape index (κ3) is 6.73. The third-order valence-electron chi connectivity index (χ3n) is 7.03. The van der Waals surface area contributed by atoms with Gasteiger partial charge in [0.25, 0.3) is 5.91 Å². The van der Waals surface area contributed by atoms with Crippen molar-refractivity contribution in [2.75, 3.05) is 13.2 Å². The minimum absolute atomic E-state index is 0.0277. The number of unbranched alkanes of at least 4 members (excludes halogenated alkanes) is 1. The van der Waals surface area contributed by atoms with Crippen LogP contribution in [0.5, 0.6) is 5.75 Å². The second-order valence-electron chi connectivity index (χ2n) is 9.92. The molecule has 6 heteroatoms. The van der Waals surface area contributed by atoms with Crippen LogP contribution in [0.1, 0.15) is 75.1 Å². The zero-order chi connectivity index (χ0) is 25.5. The average molecular weight is 507 g/mol. The number of rotatable bonds is 9. The van der Waals surface area contributed by atoms with Gasteiger partial charge in [0.1, 0.15) is 12.3 Å². The molecule has 3 atom stereocenters. The number of benzene rings is 2. The fourth-order valence-corrected chi connectivity index (χ4v) is 6.36. The van der Waals surface area contributed by atoms with E-state index < -0.39 is 0 Å². The molecule has 36 heavy (non-hydrogen) atoms. The van der Waals surface area contributed by atoms with Crippen molar-refractivity contribution in [2.24, 2.45) is 0 Å². The minimum atomic E-state index is -0.152. The van der Waals surface area contributed by atoms with Crippen LogP contribution in [0, 0.1) is 6.92 Å². The van der Waals surface area contributed by atoms with Gasteiger partial charge in [0, 0.05) is 11.3 Å². The van der Waals surface area contributed by atoms with E-state index in [4.69, 9.17) is 4.74 Å². The van der Waals surface area contributed by atoms with Gasteiger partial charge in [0.15, 0.2) is 0 Å². The number of carbonyl (C=O) groups excluding carboxylic acids is 2. The highest BCUT2D eigenvalue weighted by Crippen LogP contribution is 2.42. The summed E-state index contributed by atoms with van der Waals surface area (Å²) >= 11 is 1.70. The molecular formula is C30H38N2O3S. The summed E-state index contributed by atoms with van der Waals surface area (Å²) in [6.45, 7) is 6.98. The molecule has 3 unspecified atom stereocenters. The van der Waals surface area contributed by atoms with E-state index in [-0.39, 0.29) is 30.4 Å². The molecule has 1 heterocycles. The normalized spacial score (nSPS) is 21.7. The third-order valence-corrected chi connectivity index (χ3v) is 8.43. The molecule has 192 valence electrons. The number of amides is 2. The summed E-state index contributed by atoms with van der Waals surface area (Å²) in [5.41, 5.74) is 3.23. The van der Waals surface area contributed by atoms with Gasteiger partial charge in [0.05, 0.1) is 17.6 Å². The van der Waals surface area contributed by atoms with Crippen molar-refractivity contribution in [1.82, 2.24) is 10.2 Å². The monoisotopic (exact) mass is 506 g/mol. The zero-order valence-electron chi connectivity index (χ0n) is 21.7. The van der Waals surface area contributed by atoms with Gasteiger partial charge >= 0.3 is 0 Å². The smallest absolute Gasteiger partial charge is 0.261 e. The van der Waals surface area contributed by atoms with Crippen molar-refractivity contribution < 1.29 is 14.3 Å². The Morgan fingerprint density at radius 1 is 1.14 bits per heavy atom. The van der Waals surface area contributed by atoms with Crippen molar-refractivity contribution in [1.29, 1.82) is 0 Å². The molecule has 0 spiro atoms. The summed E-state index contributed by atoms with van der Waals surface area (Å²) in [4.78, 5) is 29.2. The number of hydrogen-bond acceptors (Lipinski definition) is 4. The Bertz CT molecular complexity index is 1060. The van der Waals surface area contributed by atoms with Crippen LogP contribution in [-0.2, 0) is 9.59 Å². The Balaban J connectivity index is 1.42. The SMILES string of the molecule is CCCCOc1ccc(C(C)NC(=O)CN2C(=O)/C(=C/c3ccc(C)cc3)SC3CCCCC32)cc1. The van der Waals surface area contributed by atoms with E-state index in [0.717, 1.165) is 53.9 Å². The topological polar surface area (TPSA) is 58.6 Å². The van der Waals surface area contributed by atoms with Crippen LogP contribution in [-0.4, -0.2) is 41.2 Å². The summed E-state index contributed by atoms with van der Waals surface area (Å²) in [7, 11) is 0. The highest BCUT2D eigenvalue weighted by atomic mass is 32.2. The molecule has 0 radical (unpaired) electrons. The van der Waals surface area contributed by atoms with E-state index in [1.165, 1.54) is 12.0 Å². The number of carbonyl (C=O) groups is 2. The summed E-state index contributed by atoms with van der Waals surface area (Å²) < 4.78 is 5.74. The molecule has 2 aromatic rings. The molecule has 0 bridgehead atoms. The van der Waals surface area contributed by atoms with E-state index in [9.17, 15) is 9.59 Å². The second kappa shape index (κ2) is 12.5. The lowest BCUT2D eigenvalue weighted by molar-refractivity contribution is -0.135. The van der Waals surface area contributed by atoms with Crippen molar-refractivity contribution in [3.05, 3.63) is 70.1 Å². The molecule has 2 amide bonds. The molecule has 4 rings (SSSR count). The van der Waals surface area contributed by atoms with Crippen LogP contribution in [0.4, 0.5) is 0 Å². The quantitative estimate of drug-likeness (QED) is 0.321. The van der Waals surface area contributed by atoms with Crippen LogP contribution >= 0.6 is 11.8 Å². The molecule has 2 fully saturated rings. The van der Waals surface area contributed by atoms with Gasteiger partial charge in [-0.3, -0.25) is 9.59 Å². The van der Waals surface area contributed by atoms with Gasteiger partial charge < -0.3 is 15.0 Å². The molecule has 2 aromatic carbocycles. The molecule has 2 aliphatic rings. The molecule has 1 saturated carbocycles. The number of thioether (sulfide) groups is 1. The van der Waals surface area contributed by atoms with Gasteiger partial charge in [-0.05, 0) is 62.4 Å².